The highest BCUT2D eigenvalue weighted by atomic mass is 15.3. The second-order valence-electron chi connectivity index (χ2n) is 6.86. The van der Waals surface area contributed by atoms with Crippen molar-refractivity contribution in [1.82, 2.24) is 15.1 Å². The van der Waals surface area contributed by atoms with Gasteiger partial charge in [-0.15, -0.1) is 0 Å². The van der Waals surface area contributed by atoms with E-state index in [-0.39, 0.29) is 0 Å². The zero-order valence-electron chi connectivity index (χ0n) is 13.5. The average Bonchev–Trinajstić information content (AvgIpc) is 2.71. The summed E-state index contributed by atoms with van der Waals surface area (Å²) < 4.78 is 0. The maximum absolute atomic E-state index is 3.56. The Morgan fingerprint density at radius 3 is 2.76 bits per heavy atom. The Balaban J connectivity index is 1.61. The third-order valence-corrected chi connectivity index (χ3v) is 5.16. The van der Waals surface area contributed by atoms with Crippen LogP contribution in [0.2, 0.25) is 0 Å². The zero-order valence-corrected chi connectivity index (χ0v) is 13.5. The van der Waals surface area contributed by atoms with Gasteiger partial charge >= 0.3 is 0 Å². The van der Waals surface area contributed by atoms with E-state index in [0.29, 0.717) is 6.04 Å². The van der Waals surface area contributed by atoms with Crippen molar-refractivity contribution in [2.24, 2.45) is 5.92 Å². The molecule has 3 rings (SSSR count). The molecule has 1 aromatic carbocycles. The molecular formula is C18H29N3. The van der Waals surface area contributed by atoms with Crippen LogP contribution in [-0.4, -0.2) is 54.6 Å². The third-order valence-electron chi connectivity index (χ3n) is 5.16. The van der Waals surface area contributed by atoms with Crippen LogP contribution in [-0.2, 0) is 6.54 Å². The van der Waals surface area contributed by atoms with Crippen molar-refractivity contribution < 1.29 is 0 Å². The van der Waals surface area contributed by atoms with Gasteiger partial charge in [-0.3, -0.25) is 9.80 Å². The first kappa shape index (κ1) is 15.0. The molecule has 0 aliphatic carbocycles. The average molecular weight is 287 g/mol. The van der Waals surface area contributed by atoms with E-state index in [1.165, 1.54) is 38.2 Å². The summed E-state index contributed by atoms with van der Waals surface area (Å²) in [4.78, 5) is 5.39. The van der Waals surface area contributed by atoms with Crippen molar-refractivity contribution in [2.45, 2.75) is 38.9 Å². The number of hydrogen-bond acceptors (Lipinski definition) is 3. The quantitative estimate of drug-likeness (QED) is 0.919. The standard InChI is InChI=1S/C18H29N3/c1-15-12-19-9-11-21(13-15)18-8-10-20(16(18)2)14-17-6-4-3-5-7-17/h3-7,15-16,18-19H,8-14H2,1-2H3. The molecule has 0 amide bonds. The van der Waals surface area contributed by atoms with Crippen LogP contribution in [0.25, 0.3) is 0 Å². The van der Waals surface area contributed by atoms with Crippen molar-refractivity contribution >= 4 is 0 Å². The molecule has 116 valence electrons. The third kappa shape index (κ3) is 3.65. The Hall–Kier alpha value is -0.900. The van der Waals surface area contributed by atoms with Gasteiger partial charge in [0, 0.05) is 44.8 Å². The Morgan fingerprint density at radius 2 is 1.95 bits per heavy atom. The molecule has 2 heterocycles. The van der Waals surface area contributed by atoms with E-state index in [1.54, 1.807) is 0 Å². The Morgan fingerprint density at radius 1 is 1.14 bits per heavy atom. The molecular weight excluding hydrogens is 258 g/mol. The normalized spacial score (nSPS) is 32.2. The monoisotopic (exact) mass is 287 g/mol. The number of rotatable bonds is 3. The maximum Gasteiger partial charge on any atom is 0.0261 e. The second-order valence-corrected chi connectivity index (χ2v) is 6.86. The van der Waals surface area contributed by atoms with E-state index in [4.69, 9.17) is 0 Å². The molecule has 0 bridgehead atoms. The predicted molar refractivity (Wildman–Crippen MR) is 88.3 cm³/mol. The van der Waals surface area contributed by atoms with Gasteiger partial charge in [-0.05, 0) is 31.4 Å². The first-order valence-electron chi connectivity index (χ1n) is 8.47. The van der Waals surface area contributed by atoms with Crippen LogP contribution in [0.15, 0.2) is 30.3 Å². The molecule has 3 nitrogen and oxygen atoms in total. The molecule has 0 radical (unpaired) electrons. The molecule has 21 heavy (non-hydrogen) atoms. The Bertz CT molecular complexity index is 433. The minimum Gasteiger partial charge on any atom is -0.315 e. The lowest BCUT2D eigenvalue weighted by atomic mass is 10.1. The van der Waals surface area contributed by atoms with Gasteiger partial charge in [0.25, 0.3) is 0 Å². The Labute approximate surface area is 129 Å². The number of nitrogens with zero attached hydrogens (tertiary/aromatic N) is 2. The lowest BCUT2D eigenvalue weighted by Crippen LogP contribution is -2.45. The number of likely N-dealkylation sites (tertiary alicyclic amines) is 1. The summed E-state index contributed by atoms with van der Waals surface area (Å²) in [6, 6.07) is 12.3. The van der Waals surface area contributed by atoms with E-state index in [0.717, 1.165) is 25.0 Å². The lowest BCUT2D eigenvalue weighted by Gasteiger charge is -2.33. The summed E-state index contributed by atoms with van der Waals surface area (Å²) >= 11 is 0. The van der Waals surface area contributed by atoms with Gasteiger partial charge in [-0.25, -0.2) is 0 Å². The predicted octanol–water partition coefficient (Wildman–Crippen LogP) is 2.19. The number of hydrogen-bond donors (Lipinski definition) is 1. The molecule has 1 N–H and O–H groups in total. The summed E-state index contributed by atoms with van der Waals surface area (Å²) in [5.41, 5.74) is 1.44. The van der Waals surface area contributed by atoms with Gasteiger partial charge in [0.1, 0.15) is 0 Å². The van der Waals surface area contributed by atoms with Gasteiger partial charge in [0.15, 0.2) is 0 Å². The summed E-state index contributed by atoms with van der Waals surface area (Å²) in [6.45, 7) is 11.9. The fraction of sp³-hybridized carbons (Fsp3) is 0.667. The van der Waals surface area contributed by atoms with E-state index in [9.17, 15) is 0 Å². The summed E-state index contributed by atoms with van der Waals surface area (Å²) in [6.07, 6.45) is 1.32. The SMILES string of the molecule is CC1CNCCN(C2CCN(Cc3ccccc3)C2C)C1. The fourth-order valence-electron chi connectivity index (χ4n) is 3.94. The van der Waals surface area contributed by atoms with Gasteiger partial charge in [0.2, 0.25) is 0 Å². The van der Waals surface area contributed by atoms with Crippen molar-refractivity contribution in [2.75, 3.05) is 32.7 Å². The van der Waals surface area contributed by atoms with Crippen LogP contribution in [0.3, 0.4) is 0 Å². The fourth-order valence-corrected chi connectivity index (χ4v) is 3.94. The molecule has 0 saturated carbocycles. The molecule has 2 aliphatic rings. The van der Waals surface area contributed by atoms with Crippen LogP contribution in [0, 0.1) is 5.92 Å². The van der Waals surface area contributed by atoms with Crippen molar-refractivity contribution in [3.63, 3.8) is 0 Å². The minimum atomic E-state index is 0.663. The van der Waals surface area contributed by atoms with E-state index >= 15 is 0 Å². The van der Waals surface area contributed by atoms with Crippen LogP contribution in [0.1, 0.15) is 25.8 Å². The molecule has 0 aromatic heterocycles. The highest BCUT2D eigenvalue weighted by molar-refractivity contribution is 5.15. The van der Waals surface area contributed by atoms with Crippen LogP contribution in [0.4, 0.5) is 0 Å². The van der Waals surface area contributed by atoms with Crippen molar-refractivity contribution in [3.05, 3.63) is 35.9 Å². The highest BCUT2D eigenvalue weighted by Gasteiger charge is 2.35. The van der Waals surface area contributed by atoms with Crippen molar-refractivity contribution in [1.29, 1.82) is 0 Å². The molecule has 2 aliphatic heterocycles. The molecule has 2 fully saturated rings. The minimum absolute atomic E-state index is 0.663. The van der Waals surface area contributed by atoms with E-state index in [1.807, 2.05) is 0 Å². The largest absolute Gasteiger partial charge is 0.315 e. The van der Waals surface area contributed by atoms with Crippen molar-refractivity contribution in [3.8, 4) is 0 Å². The van der Waals surface area contributed by atoms with Crippen LogP contribution in [0.5, 0.6) is 0 Å². The van der Waals surface area contributed by atoms with Gasteiger partial charge in [0.05, 0.1) is 0 Å². The molecule has 2 saturated heterocycles. The van der Waals surface area contributed by atoms with Crippen LogP contribution < -0.4 is 5.32 Å². The van der Waals surface area contributed by atoms with E-state index < -0.39 is 0 Å². The molecule has 3 atom stereocenters. The summed E-state index contributed by atoms with van der Waals surface area (Å²) in [5.74, 6) is 0.767. The van der Waals surface area contributed by atoms with Gasteiger partial charge in [-0.1, -0.05) is 37.3 Å². The molecule has 3 heteroatoms. The number of benzene rings is 1. The molecule has 0 spiro atoms. The second kappa shape index (κ2) is 6.91. The maximum atomic E-state index is 3.56. The summed E-state index contributed by atoms with van der Waals surface area (Å²) in [7, 11) is 0. The van der Waals surface area contributed by atoms with E-state index in [2.05, 4.69) is 59.3 Å². The zero-order chi connectivity index (χ0) is 14.7. The molecule has 1 aromatic rings. The van der Waals surface area contributed by atoms with Gasteiger partial charge in [-0.2, -0.15) is 0 Å². The number of nitrogens with one attached hydrogen (secondary N) is 1. The Kier molecular flexibility index (Phi) is 4.94. The topological polar surface area (TPSA) is 18.5 Å². The van der Waals surface area contributed by atoms with Gasteiger partial charge < -0.3 is 5.32 Å². The first-order chi connectivity index (χ1) is 10.2. The highest BCUT2D eigenvalue weighted by Crippen LogP contribution is 2.25. The summed E-state index contributed by atoms with van der Waals surface area (Å²) in [5, 5.41) is 3.56. The smallest absolute Gasteiger partial charge is 0.0261 e. The van der Waals surface area contributed by atoms with Crippen LogP contribution >= 0.6 is 0 Å². The first-order valence-corrected chi connectivity index (χ1v) is 8.47. The molecule has 3 unspecified atom stereocenters. The lowest BCUT2D eigenvalue weighted by molar-refractivity contribution is 0.142.